The Kier molecular flexibility index (Phi) is 8.25. The molecule has 1 heterocycles. The molecule has 0 aromatic heterocycles. The van der Waals surface area contributed by atoms with Gasteiger partial charge in [-0.2, -0.15) is 0 Å². The summed E-state index contributed by atoms with van der Waals surface area (Å²) in [5.41, 5.74) is 11.3. The summed E-state index contributed by atoms with van der Waals surface area (Å²) >= 11 is 0. The predicted molar refractivity (Wildman–Crippen MR) is 127 cm³/mol. The Bertz CT molecular complexity index is 963. The van der Waals surface area contributed by atoms with E-state index < -0.39 is 6.17 Å². The Morgan fingerprint density at radius 3 is 2.39 bits per heavy atom. The number of rotatable bonds is 9. The molecule has 5 N–H and O–H groups in total. The molecule has 1 fully saturated rings. The van der Waals surface area contributed by atoms with Crippen LogP contribution in [0, 0.1) is 5.82 Å². The number of anilines is 1. The lowest BCUT2D eigenvalue weighted by atomic mass is 9.97. The standard InChI is InChI=1S/C24H34FN5O3/c1-16(2)19-13-20(23(33)14-22(19)32)24(26)30(27-6-11-31)18-5-4-17(21(25)12-18)15-29-9-7-28(3)8-10-29/h4-5,11-14,16,24,27,32-33H,6-10,15,26H2,1-3H3. The number of phenolic OH excluding ortho intramolecular Hbond substituents is 2. The number of nitrogens with one attached hydrogen (secondary N) is 1. The van der Waals surface area contributed by atoms with E-state index in [2.05, 4.69) is 22.3 Å². The van der Waals surface area contributed by atoms with Crippen LogP contribution >= 0.6 is 0 Å². The monoisotopic (exact) mass is 459 g/mol. The molecule has 33 heavy (non-hydrogen) atoms. The van der Waals surface area contributed by atoms with Crippen molar-refractivity contribution >= 4 is 12.0 Å². The van der Waals surface area contributed by atoms with Gasteiger partial charge < -0.3 is 25.6 Å². The SMILES string of the molecule is CC(C)c1cc(C(N)N(NCC=O)c2ccc(CN3CCN(C)CC3)c(F)c2)c(O)cc1O. The molecule has 0 bridgehead atoms. The van der Waals surface area contributed by atoms with Crippen molar-refractivity contribution in [3.63, 3.8) is 0 Å². The lowest BCUT2D eigenvalue weighted by Crippen LogP contribution is -2.46. The molecule has 180 valence electrons. The number of phenols is 2. The molecule has 0 saturated carbocycles. The fourth-order valence-electron chi connectivity index (χ4n) is 4.00. The minimum absolute atomic E-state index is 0.000706. The van der Waals surface area contributed by atoms with Gasteiger partial charge in [0.15, 0.2) is 0 Å². The number of carbonyl (C=O) groups excluding carboxylic acids is 1. The number of piperazine rings is 1. The Morgan fingerprint density at radius 1 is 1.12 bits per heavy atom. The molecule has 0 spiro atoms. The van der Waals surface area contributed by atoms with Crippen LogP contribution in [-0.2, 0) is 11.3 Å². The van der Waals surface area contributed by atoms with Gasteiger partial charge in [0.05, 0.1) is 12.2 Å². The van der Waals surface area contributed by atoms with Gasteiger partial charge in [-0.15, -0.1) is 0 Å². The predicted octanol–water partition coefficient (Wildman–Crippen LogP) is 2.28. The number of hydrogen-bond acceptors (Lipinski definition) is 8. The van der Waals surface area contributed by atoms with Crippen molar-refractivity contribution in [2.45, 2.75) is 32.5 Å². The van der Waals surface area contributed by atoms with E-state index in [9.17, 15) is 15.0 Å². The second-order valence-electron chi connectivity index (χ2n) is 8.82. The molecule has 8 nitrogen and oxygen atoms in total. The third-order valence-corrected chi connectivity index (χ3v) is 6.04. The summed E-state index contributed by atoms with van der Waals surface area (Å²) in [6, 6.07) is 7.73. The van der Waals surface area contributed by atoms with E-state index in [4.69, 9.17) is 5.73 Å². The van der Waals surface area contributed by atoms with Gasteiger partial charge in [-0.1, -0.05) is 19.9 Å². The Morgan fingerprint density at radius 2 is 1.79 bits per heavy atom. The van der Waals surface area contributed by atoms with E-state index >= 15 is 4.39 Å². The first-order valence-corrected chi connectivity index (χ1v) is 11.2. The van der Waals surface area contributed by atoms with E-state index in [0.717, 1.165) is 26.2 Å². The highest BCUT2D eigenvalue weighted by Gasteiger charge is 2.24. The van der Waals surface area contributed by atoms with Crippen LogP contribution in [-0.4, -0.2) is 66.1 Å². The molecule has 0 aliphatic carbocycles. The molecule has 1 unspecified atom stereocenters. The lowest BCUT2D eigenvalue weighted by Gasteiger charge is -2.33. The summed E-state index contributed by atoms with van der Waals surface area (Å²) in [6.45, 7) is 7.97. The van der Waals surface area contributed by atoms with Crippen LogP contribution in [0.25, 0.3) is 0 Å². The quantitative estimate of drug-likeness (QED) is 0.257. The number of nitrogens with zero attached hydrogens (tertiary/aromatic N) is 3. The zero-order valence-corrected chi connectivity index (χ0v) is 19.5. The molecule has 2 aromatic carbocycles. The maximum absolute atomic E-state index is 15.0. The topological polar surface area (TPSA) is 105 Å². The molecular weight excluding hydrogens is 425 g/mol. The van der Waals surface area contributed by atoms with E-state index in [1.54, 1.807) is 18.2 Å². The average Bonchev–Trinajstić information content (AvgIpc) is 2.77. The summed E-state index contributed by atoms with van der Waals surface area (Å²) in [5.74, 6) is -0.576. The van der Waals surface area contributed by atoms with E-state index in [-0.39, 0.29) is 29.8 Å². The van der Waals surface area contributed by atoms with Gasteiger partial charge in [-0.25, -0.2) is 9.82 Å². The molecule has 2 aromatic rings. The molecule has 9 heteroatoms. The number of halogens is 1. The third-order valence-electron chi connectivity index (χ3n) is 6.04. The number of hydrazine groups is 1. The fourth-order valence-corrected chi connectivity index (χ4v) is 4.00. The first kappa shape index (κ1) is 24.9. The molecule has 0 radical (unpaired) electrons. The van der Waals surface area contributed by atoms with E-state index in [1.807, 2.05) is 13.8 Å². The molecule has 1 aliphatic rings. The van der Waals surface area contributed by atoms with E-state index in [0.29, 0.717) is 35.2 Å². The first-order valence-electron chi connectivity index (χ1n) is 11.2. The number of nitrogens with two attached hydrogens (primary N) is 1. The maximum atomic E-state index is 15.0. The zero-order valence-electron chi connectivity index (χ0n) is 19.5. The fraction of sp³-hybridized carbons (Fsp3) is 0.458. The molecule has 1 atom stereocenters. The van der Waals surface area contributed by atoms with Gasteiger partial charge in [-0.05, 0) is 36.7 Å². The number of carbonyl (C=O) groups is 1. The molecule has 0 amide bonds. The molecular formula is C24H34FN5O3. The second kappa shape index (κ2) is 10.9. The number of hydrogen-bond donors (Lipinski definition) is 4. The van der Waals surface area contributed by atoms with Crippen LogP contribution in [0.3, 0.4) is 0 Å². The summed E-state index contributed by atoms with van der Waals surface area (Å²) < 4.78 is 15.0. The summed E-state index contributed by atoms with van der Waals surface area (Å²) in [4.78, 5) is 15.5. The Labute approximate surface area is 194 Å². The summed E-state index contributed by atoms with van der Waals surface area (Å²) in [5, 5.41) is 22.0. The normalized spacial score (nSPS) is 16.2. The number of benzene rings is 2. The van der Waals surface area contributed by atoms with Crippen molar-refractivity contribution in [2.75, 3.05) is 44.8 Å². The van der Waals surface area contributed by atoms with Crippen LogP contribution in [0.4, 0.5) is 10.1 Å². The average molecular weight is 460 g/mol. The van der Waals surface area contributed by atoms with Crippen molar-refractivity contribution < 1.29 is 19.4 Å². The first-order chi connectivity index (χ1) is 15.7. The van der Waals surface area contributed by atoms with Crippen molar-refractivity contribution in [1.82, 2.24) is 15.2 Å². The van der Waals surface area contributed by atoms with Crippen LogP contribution in [0.1, 0.15) is 42.6 Å². The van der Waals surface area contributed by atoms with Gasteiger partial charge in [0.2, 0.25) is 0 Å². The number of likely N-dealkylation sites (N-methyl/N-ethyl adjacent to an activating group) is 1. The highest BCUT2D eigenvalue weighted by atomic mass is 19.1. The number of aromatic hydroxyl groups is 2. The van der Waals surface area contributed by atoms with Crippen LogP contribution in [0.5, 0.6) is 11.5 Å². The van der Waals surface area contributed by atoms with Crippen molar-refractivity contribution in [3.05, 3.63) is 52.8 Å². The van der Waals surface area contributed by atoms with Crippen molar-refractivity contribution in [2.24, 2.45) is 5.73 Å². The lowest BCUT2D eigenvalue weighted by molar-refractivity contribution is -0.107. The van der Waals surface area contributed by atoms with Gasteiger partial charge in [0.1, 0.15) is 29.8 Å². The molecule has 1 aliphatic heterocycles. The van der Waals surface area contributed by atoms with Gasteiger partial charge >= 0.3 is 0 Å². The molecule has 1 saturated heterocycles. The number of aldehydes is 1. The van der Waals surface area contributed by atoms with Gasteiger partial charge in [-0.3, -0.25) is 9.91 Å². The maximum Gasteiger partial charge on any atom is 0.135 e. The molecule has 3 rings (SSSR count). The van der Waals surface area contributed by atoms with Crippen LogP contribution in [0.2, 0.25) is 0 Å². The zero-order chi connectivity index (χ0) is 24.1. The summed E-state index contributed by atoms with van der Waals surface area (Å²) in [6.07, 6.45) is -0.264. The summed E-state index contributed by atoms with van der Waals surface area (Å²) in [7, 11) is 2.08. The van der Waals surface area contributed by atoms with Crippen LogP contribution in [0.15, 0.2) is 30.3 Å². The van der Waals surface area contributed by atoms with E-state index in [1.165, 1.54) is 17.1 Å². The third kappa shape index (κ3) is 6.00. The van der Waals surface area contributed by atoms with Gasteiger partial charge in [0, 0.05) is 49.9 Å². The van der Waals surface area contributed by atoms with Crippen molar-refractivity contribution in [3.8, 4) is 11.5 Å². The minimum Gasteiger partial charge on any atom is -0.508 e. The van der Waals surface area contributed by atoms with Crippen LogP contribution < -0.4 is 16.2 Å². The second-order valence-corrected chi connectivity index (χ2v) is 8.82. The minimum atomic E-state index is -0.939. The smallest absolute Gasteiger partial charge is 0.135 e. The highest BCUT2D eigenvalue weighted by Crippen LogP contribution is 2.36. The van der Waals surface area contributed by atoms with Gasteiger partial charge in [0.25, 0.3) is 0 Å². The Hall–Kier alpha value is -2.72. The van der Waals surface area contributed by atoms with Crippen molar-refractivity contribution in [1.29, 1.82) is 0 Å². The highest BCUT2D eigenvalue weighted by molar-refractivity contribution is 5.56. The largest absolute Gasteiger partial charge is 0.508 e. The Balaban J connectivity index is 1.87.